The van der Waals surface area contributed by atoms with Gasteiger partial charge in [-0.2, -0.15) is 0 Å². The first-order valence-corrected chi connectivity index (χ1v) is 5.46. The van der Waals surface area contributed by atoms with Crippen LogP contribution in [0.1, 0.15) is 0 Å². The van der Waals surface area contributed by atoms with Gasteiger partial charge in [0.1, 0.15) is 6.61 Å². The van der Waals surface area contributed by atoms with Gasteiger partial charge in [-0.15, -0.1) is 0 Å². The summed E-state index contributed by atoms with van der Waals surface area (Å²) >= 11 is 5.96. The molecule has 0 unspecified atom stereocenters. The lowest BCUT2D eigenvalue weighted by Gasteiger charge is -2.12. The summed E-state index contributed by atoms with van der Waals surface area (Å²) in [5.74, 6) is 0.885. The number of carbonyl (C=O) groups is 1. The molecular weight excluding hydrogens is 262 g/mol. The van der Waals surface area contributed by atoms with Crippen molar-refractivity contribution < 1.29 is 24.1 Å². The number of amides is 1. The second-order valence-corrected chi connectivity index (χ2v) is 3.58. The second kappa shape index (κ2) is 6.93. The van der Waals surface area contributed by atoms with Crippen molar-refractivity contribution >= 4 is 23.4 Å². The predicted octanol–water partition coefficient (Wildman–Crippen LogP) is 1.90. The monoisotopic (exact) mass is 275 g/mol. The molecule has 0 aliphatic heterocycles. The molecule has 0 saturated heterocycles. The van der Waals surface area contributed by atoms with E-state index < -0.39 is 6.09 Å². The van der Waals surface area contributed by atoms with Gasteiger partial charge in [0.25, 0.3) is 0 Å². The maximum Gasteiger partial charge on any atom is 0.411 e. The van der Waals surface area contributed by atoms with Crippen LogP contribution in [0.2, 0.25) is 5.02 Å². The van der Waals surface area contributed by atoms with Crippen LogP contribution in [0, 0.1) is 0 Å². The smallest absolute Gasteiger partial charge is 0.411 e. The van der Waals surface area contributed by atoms with Crippen LogP contribution in [0.15, 0.2) is 12.1 Å². The quantitative estimate of drug-likeness (QED) is 0.858. The molecule has 18 heavy (non-hydrogen) atoms. The number of ether oxygens (including phenoxy) is 3. The molecule has 1 amide bonds. The molecule has 0 aliphatic rings. The Labute approximate surface area is 109 Å². The Morgan fingerprint density at radius 1 is 1.33 bits per heavy atom. The molecule has 1 aromatic rings. The van der Waals surface area contributed by atoms with Gasteiger partial charge in [0.15, 0.2) is 11.5 Å². The largest absolute Gasteiger partial charge is 0.493 e. The van der Waals surface area contributed by atoms with Gasteiger partial charge in [0.2, 0.25) is 0 Å². The van der Waals surface area contributed by atoms with E-state index in [2.05, 4.69) is 10.1 Å². The molecular formula is C11H14ClNO5. The number of aliphatic hydroxyl groups is 1. The summed E-state index contributed by atoms with van der Waals surface area (Å²) in [7, 11) is 2.95. The van der Waals surface area contributed by atoms with Gasteiger partial charge in [-0.1, -0.05) is 11.6 Å². The van der Waals surface area contributed by atoms with Crippen molar-refractivity contribution in [1.29, 1.82) is 0 Å². The lowest BCUT2D eigenvalue weighted by Crippen LogP contribution is -2.16. The average molecular weight is 276 g/mol. The number of anilines is 1. The van der Waals surface area contributed by atoms with Crippen LogP contribution >= 0.6 is 11.6 Å². The summed E-state index contributed by atoms with van der Waals surface area (Å²) in [4.78, 5) is 11.3. The average Bonchev–Trinajstić information content (AvgIpc) is 2.38. The summed E-state index contributed by atoms with van der Waals surface area (Å²) < 4.78 is 14.8. The number of methoxy groups -OCH3 is 2. The first-order valence-electron chi connectivity index (χ1n) is 5.08. The molecule has 0 saturated carbocycles. The molecule has 2 N–H and O–H groups in total. The Morgan fingerprint density at radius 3 is 2.50 bits per heavy atom. The standard InChI is InChI=1S/C11H14ClNO5/c1-16-9-5-7(12)8(6-10(9)17-2)13-11(15)18-4-3-14/h5-6,14H,3-4H2,1-2H3,(H,13,15). The first kappa shape index (κ1) is 14.4. The van der Waals surface area contributed by atoms with Gasteiger partial charge < -0.3 is 19.3 Å². The Kier molecular flexibility index (Phi) is 5.54. The molecule has 1 aromatic carbocycles. The van der Waals surface area contributed by atoms with Crippen molar-refractivity contribution in [3.8, 4) is 11.5 Å². The zero-order valence-corrected chi connectivity index (χ0v) is 10.8. The summed E-state index contributed by atoms with van der Waals surface area (Å²) in [6.07, 6.45) is -0.710. The van der Waals surface area contributed by atoms with Crippen molar-refractivity contribution in [1.82, 2.24) is 0 Å². The maximum absolute atomic E-state index is 11.3. The fourth-order valence-corrected chi connectivity index (χ4v) is 1.44. The van der Waals surface area contributed by atoms with Crippen molar-refractivity contribution in [3.63, 3.8) is 0 Å². The van der Waals surface area contributed by atoms with Crippen LogP contribution in [-0.2, 0) is 4.74 Å². The predicted molar refractivity (Wildman–Crippen MR) is 66.6 cm³/mol. The zero-order chi connectivity index (χ0) is 13.5. The van der Waals surface area contributed by atoms with Gasteiger partial charge in [-0.3, -0.25) is 5.32 Å². The Bertz CT molecular complexity index is 424. The Hall–Kier alpha value is -1.66. The summed E-state index contributed by atoms with van der Waals surface area (Å²) in [6.45, 7) is -0.330. The molecule has 0 aliphatic carbocycles. The zero-order valence-electron chi connectivity index (χ0n) is 10.0. The van der Waals surface area contributed by atoms with Gasteiger partial charge in [-0.25, -0.2) is 4.79 Å². The van der Waals surface area contributed by atoms with Crippen molar-refractivity contribution in [2.75, 3.05) is 32.8 Å². The minimum Gasteiger partial charge on any atom is -0.493 e. The summed E-state index contributed by atoms with van der Waals surface area (Å²) in [6, 6.07) is 3.03. The number of rotatable bonds is 5. The number of nitrogens with one attached hydrogen (secondary N) is 1. The highest BCUT2D eigenvalue weighted by Crippen LogP contribution is 2.35. The Morgan fingerprint density at radius 2 is 1.94 bits per heavy atom. The highest BCUT2D eigenvalue weighted by atomic mass is 35.5. The van der Waals surface area contributed by atoms with Gasteiger partial charge in [0.05, 0.1) is 31.5 Å². The van der Waals surface area contributed by atoms with E-state index in [0.717, 1.165) is 0 Å². The number of halogens is 1. The lowest BCUT2D eigenvalue weighted by molar-refractivity contribution is 0.131. The van der Waals surface area contributed by atoms with Crippen LogP contribution < -0.4 is 14.8 Å². The molecule has 0 heterocycles. The van der Waals surface area contributed by atoms with Crippen LogP contribution in [0.4, 0.5) is 10.5 Å². The molecule has 0 bridgehead atoms. The molecule has 6 nitrogen and oxygen atoms in total. The molecule has 7 heteroatoms. The number of aliphatic hydroxyl groups excluding tert-OH is 1. The van der Waals surface area contributed by atoms with Gasteiger partial charge in [0, 0.05) is 12.1 Å². The van der Waals surface area contributed by atoms with Gasteiger partial charge in [-0.05, 0) is 0 Å². The highest BCUT2D eigenvalue weighted by Gasteiger charge is 2.12. The Balaban J connectivity index is 2.85. The van der Waals surface area contributed by atoms with Gasteiger partial charge >= 0.3 is 6.09 Å². The number of hydrogen-bond donors (Lipinski definition) is 2. The summed E-state index contributed by atoms with van der Waals surface area (Å²) in [5, 5.41) is 11.2. The SMILES string of the molecule is COc1cc(Cl)c(NC(=O)OCCO)cc1OC. The van der Waals surface area contributed by atoms with Crippen LogP contribution in [-0.4, -0.2) is 38.6 Å². The molecule has 0 aromatic heterocycles. The normalized spacial score (nSPS) is 9.78. The van der Waals surface area contributed by atoms with E-state index in [1.165, 1.54) is 26.4 Å². The minimum absolute atomic E-state index is 0.0866. The molecule has 0 fully saturated rings. The second-order valence-electron chi connectivity index (χ2n) is 3.17. The molecule has 100 valence electrons. The molecule has 0 atom stereocenters. The number of benzene rings is 1. The fourth-order valence-electron chi connectivity index (χ4n) is 1.23. The van der Waals surface area contributed by atoms with Crippen LogP contribution in [0.25, 0.3) is 0 Å². The lowest BCUT2D eigenvalue weighted by atomic mass is 10.2. The van der Waals surface area contributed by atoms with E-state index in [0.29, 0.717) is 17.2 Å². The molecule has 0 spiro atoms. The van der Waals surface area contributed by atoms with Crippen molar-refractivity contribution in [2.24, 2.45) is 0 Å². The first-order chi connectivity index (χ1) is 8.62. The van der Waals surface area contributed by atoms with Crippen LogP contribution in [0.3, 0.4) is 0 Å². The van der Waals surface area contributed by atoms with Crippen LogP contribution in [0.5, 0.6) is 11.5 Å². The van der Waals surface area contributed by atoms with Crippen molar-refractivity contribution in [2.45, 2.75) is 0 Å². The van der Waals surface area contributed by atoms with E-state index >= 15 is 0 Å². The number of carbonyl (C=O) groups excluding carboxylic acids is 1. The summed E-state index contributed by atoms with van der Waals surface area (Å²) in [5.41, 5.74) is 0.331. The third-order valence-electron chi connectivity index (χ3n) is 2.03. The number of hydrogen-bond acceptors (Lipinski definition) is 5. The van der Waals surface area contributed by atoms with E-state index in [-0.39, 0.29) is 18.2 Å². The highest BCUT2D eigenvalue weighted by molar-refractivity contribution is 6.33. The topological polar surface area (TPSA) is 77.0 Å². The van der Waals surface area contributed by atoms with Crippen molar-refractivity contribution in [3.05, 3.63) is 17.2 Å². The van der Waals surface area contributed by atoms with E-state index in [9.17, 15) is 4.79 Å². The minimum atomic E-state index is -0.710. The molecule has 1 rings (SSSR count). The van der Waals surface area contributed by atoms with E-state index in [4.69, 9.17) is 26.2 Å². The van der Waals surface area contributed by atoms with E-state index in [1.54, 1.807) is 0 Å². The third kappa shape index (κ3) is 3.68. The van der Waals surface area contributed by atoms with E-state index in [1.807, 2.05) is 0 Å². The maximum atomic E-state index is 11.3. The molecule has 0 radical (unpaired) electrons. The third-order valence-corrected chi connectivity index (χ3v) is 2.35. The fraction of sp³-hybridized carbons (Fsp3) is 0.364.